The molecule has 2 aromatic heterocycles. The number of aryl methyl sites for hydroxylation is 1. The number of thiophene rings is 1. The van der Waals surface area contributed by atoms with E-state index in [1.54, 1.807) is 0 Å². The number of carbonyl (C=O) groups excluding carboxylic acids is 1. The fraction of sp³-hybridized carbons (Fsp3) is 0.240. The summed E-state index contributed by atoms with van der Waals surface area (Å²) in [5.41, 5.74) is 4.23. The van der Waals surface area contributed by atoms with Gasteiger partial charge in [-0.1, -0.05) is 66.4 Å². The van der Waals surface area contributed by atoms with Crippen molar-refractivity contribution in [2.45, 2.75) is 42.6 Å². The number of hydrogen-bond acceptors (Lipinski definition) is 5. The third-order valence-corrected chi connectivity index (χ3v) is 7.71. The quantitative estimate of drug-likeness (QED) is 0.311. The molecule has 0 aliphatic heterocycles. The van der Waals surface area contributed by atoms with Crippen LogP contribution in [-0.2, 0) is 11.2 Å². The van der Waals surface area contributed by atoms with Gasteiger partial charge in [0.05, 0.1) is 16.7 Å². The minimum atomic E-state index is -0.377. The molecule has 0 unspecified atom stereocenters. The van der Waals surface area contributed by atoms with Crippen LogP contribution in [0.25, 0.3) is 21.3 Å². The van der Waals surface area contributed by atoms with Crippen molar-refractivity contribution < 1.29 is 4.79 Å². The number of nitrogens with zero attached hydrogens (tertiary/aromatic N) is 1. The Morgan fingerprint density at radius 1 is 1.19 bits per heavy atom. The summed E-state index contributed by atoms with van der Waals surface area (Å²) in [5, 5.41) is 5.85. The standard InChI is InChI=1S/C25H23N3O2S2/c1-15(22(29)26-20-13-7-11-16-10-5-6-12-18(16)20)32-25-27-23(30)21-19(14-31-24(21)28-25)17-8-3-2-4-9-17/h2-6,8-10,12,14-15,20H,7,11,13H2,1H3,(H,26,29)(H,27,28,30)/t15-,20-/m0/s1. The van der Waals surface area contributed by atoms with Crippen LogP contribution in [0.4, 0.5) is 0 Å². The van der Waals surface area contributed by atoms with Crippen molar-refractivity contribution in [3.63, 3.8) is 0 Å². The van der Waals surface area contributed by atoms with Gasteiger partial charge >= 0.3 is 0 Å². The Morgan fingerprint density at radius 2 is 1.97 bits per heavy atom. The summed E-state index contributed by atoms with van der Waals surface area (Å²) in [6.07, 6.45) is 3.07. The number of fused-ring (bicyclic) bond motifs is 2. The number of H-pyrrole nitrogens is 1. The molecule has 0 saturated carbocycles. The number of benzene rings is 2. The van der Waals surface area contributed by atoms with Crippen molar-refractivity contribution in [1.82, 2.24) is 15.3 Å². The molecule has 2 atom stereocenters. The molecule has 7 heteroatoms. The van der Waals surface area contributed by atoms with E-state index in [0.29, 0.717) is 15.4 Å². The second-order valence-electron chi connectivity index (χ2n) is 7.98. The van der Waals surface area contributed by atoms with E-state index in [0.717, 1.165) is 30.4 Å². The average Bonchev–Trinajstić information content (AvgIpc) is 3.24. The number of thioether (sulfide) groups is 1. The van der Waals surface area contributed by atoms with Gasteiger partial charge in [0.25, 0.3) is 5.56 Å². The zero-order valence-corrected chi connectivity index (χ0v) is 19.3. The van der Waals surface area contributed by atoms with Gasteiger partial charge in [-0.05, 0) is 42.9 Å². The Kier molecular flexibility index (Phi) is 5.85. The van der Waals surface area contributed by atoms with E-state index < -0.39 is 0 Å². The lowest BCUT2D eigenvalue weighted by atomic mass is 9.88. The molecule has 0 radical (unpaired) electrons. The number of carbonyl (C=O) groups is 1. The maximum absolute atomic E-state index is 12.9. The number of aromatic amines is 1. The van der Waals surface area contributed by atoms with Crippen LogP contribution in [0.5, 0.6) is 0 Å². The van der Waals surface area contributed by atoms with E-state index in [-0.39, 0.29) is 22.8 Å². The molecule has 0 spiro atoms. The first kappa shape index (κ1) is 21.0. The summed E-state index contributed by atoms with van der Waals surface area (Å²) in [6.45, 7) is 1.85. The van der Waals surface area contributed by atoms with Crippen molar-refractivity contribution in [1.29, 1.82) is 0 Å². The van der Waals surface area contributed by atoms with E-state index >= 15 is 0 Å². The number of nitrogens with one attached hydrogen (secondary N) is 2. The van der Waals surface area contributed by atoms with Crippen LogP contribution in [0.15, 0.2) is 69.9 Å². The van der Waals surface area contributed by atoms with Crippen LogP contribution in [-0.4, -0.2) is 21.1 Å². The highest BCUT2D eigenvalue weighted by atomic mass is 32.2. The maximum Gasteiger partial charge on any atom is 0.260 e. The summed E-state index contributed by atoms with van der Waals surface area (Å²) >= 11 is 2.73. The van der Waals surface area contributed by atoms with Gasteiger partial charge in [-0.2, -0.15) is 0 Å². The largest absolute Gasteiger partial charge is 0.348 e. The van der Waals surface area contributed by atoms with Gasteiger partial charge in [-0.25, -0.2) is 4.98 Å². The van der Waals surface area contributed by atoms with Gasteiger partial charge in [-0.15, -0.1) is 11.3 Å². The average molecular weight is 462 g/mol. The van der Waals surface area contributed by atoms with Gasteiger partial charge in [0.1, 0.15) is 4.83 Å². The highest BCUT2D eigenvalue weighted by Gasteiger charge is 2.25. The Balaban J connectivity index is 1.33. The molecule has 1 amide bonds. The number of aromatic nitrogens is 2. The lowest BCUT2D eigenvalue weighted by Gasteiger charge is -2.27. The molecule has 4 aromatic rings. The van der Waals surface area contributed by atoms with Crippen molar-refractivity contribution in [2.24, 2.45) is 0 Å². The first-order valence-electron chi connectivity index (χ1n) is 10.7. The molecule has 2 N–H and O–H groups in total. The van der Waals surface area contributed by atoms with Crippen molar-refractivity contribution in [2.75, 3.05) is 0 Å². The number of hydrogen-bond donors (Lipinski definition) is 2. The molecule has 1 aliphatic carbocycles. The highest BCUT2D eigenvalue weighted by Crippen LogP contribution is 2.33. The second-order valence-corrected chi connectivity index (χ2v) is 10.2. The monoisotopic (exact) mass is 461 g/mol. The van der Waals surface area contributed by atoms with E-state index in [9.17, 15) is 9.59 Å². The third kappa shape index (κ3) is 4.10. The Hall–Kier alpha value is -2.90. The molecule has 0 saturated heterocycles. The molecule has 2 aromatic carbocycles. The lowest BCUT2D eigenvalue weighted by molar-refractivity contribution is -0.121. The Bertz CT molecular complexity index is 1330. The first-order chi connectivity index (χ1) is 15.6. The second kappa shape index (κ2) is 8.92. The topological polar surface area (TPSA) is 74.8 Å². The van der Waals surface area contributed by atoms with Crippen LogP contribution in [0, 0.1) is 0 Å². The smallest absolute Gasteiger partial charge is 0.260 e. The summed E-state index contributed by atoms with van der Waals surface area (Å²) < 4.78 is 0. The molecule has 162 valence electrons. The fourth-order valence-corrected chi connectivity index (χ4v) is 6.04. The van der Waals surface area contributed by atoms with Gasteiger partial charge in [-0.3, -0.25) is 9.59 Å². The number of rotatable bonds is 5. The predicted molar refractivity (Wildman–Crippen MR) is 131 cm³/mol. The molecule has 5 rings (SSSR count). The summed E-state index contributed by atoms with van der Waals surface area (Å²) in [7, 11) is 0. The van der Waals surface area contributed by atoms with E-state index in [4.69, 9.17) is 0 Å². The predicted octanol–water partition coefficient (Wildman–Crippen LogP) is 5.33. The molecule has 0 bridgehead atoms. The van der Waals surface area contributed by atoms with Crippen LogP contribution in [0.3, 0.4) is 0 Å². The maximum atomic E-state index is 12.9. The molecular formula is C25H23N3O2S2. The van der Waals surface area contributed by atoms with Gasteiger partial charge in [0.15, 0.2) is 5.16 Å². The van der Waals surface area contributed by atoms with Gasteiger partial charge in [0, 0.05) is 10.9 Å². The van der Waals surface area contributed by atoms with Crippen LogP contribution >= 0.6 is 23.1 Å². The zero-order chi connectivity index (χ0) is 22.1. The lowest BCUT2D eigenvalue weighted by Crippen LogP contribution is -2.36. The minimum absolute atomic E-state index is 0.0377. The van der Waals surface area contributed by atoms with E-state index in [1.165, 1.54) is 34.2 Å². The molecule has 2 heterocycles. The van der Waals surface area contributed by atoms with E-state index in [2.05, 4.69) is 27.4 Å². The van der Waals surface area contributed by atoms with Crippen molar-refractivity contribution >= 4 is 39.2 Å². The Morgan fingerprint density at radius 3 is 2.81 bits per heavy atom. The molecule has 0 fully saturated rings. The minimum Gasteiger partial charge on any atom is -0.348 e. The van der Waals surface area contributed by atoms with Gasteiger partial charge < -0.3 is 10.3 Å². The molecule has 1 aliphatic rings. The summed E-state index contributed by atoms with van der Waals surface area (Å²) in [5.74, 6) is -0.0457. The van der Waals surface area contributed by atoms with Crippen LogP contribution in [0.2, 0.25) is 0 Å². The fourth-order valence-electron chi connectivity index (χ4n) is 4.23. The molecule has 32 heavy (non-hydrogen) atoms. The normalized spacial score (nSPS) is 16.5. The molecular weight excluding hydrogens is 438 g/mol. The van der Waals surface area contributed by atoms with Crippen LogP contribution in [0.1, 0.15) is 36.9 Å². The summed E-state index contributed by atoms with van der Waals surface area (Å²) in [4.78, 5) is 34.0. The number of amides is 1. The van der Waals surface area contributed by atoms with Crippen molar-refractivity contribution in [3.05, 3.63) is 81.5 Å². The van der Waals surface area contributed by atoms with Crippen LogP contribution < -0.4 is 10.9 Å². The SMILES string of the molecule is C[C@H](Sc1nc2scc(-c3ccccc3)c2c(=O)[nH]1)C(=O)N[C@H]1CCCc2ccccc21. The Labute approximate surface area is 194 Å². The van der Waals surface area contributed by atoms with Gasteiger partial charge in [0.2, 0.25) is 5.91 Å². The first-order valence-corrected chi connectivity index (χ1v) is 12.5. The van der Waals surface area contributed by atoms with E-state index in [1.807, 2.05) is 54.8 Å². The third-order valence-electron chi connectivity index (χ3n) is 5.85. The highest BCUT2D eigenvalue weighted by molar-refractivity contribution is 8.00. The zero-order valence-electron chi connectivity index (χ0n) is 17.6. The molecule has 5 nitrogen and oxygen atoms in total. The van der Waals surface area contributed by atoms with Crippen molar-refractivity contribution in [3.8, 4) is 11.1 Å². The summed E-state index contributed by atoms with van der Waals surface area (Å²) in [6, 6.07) is 18.2.